The van der Waals surface area contributed by atoms with E-state index in [-0.39, 0.29) is 6.03 Å². The number of carboxylic acid groups (broad SMARTS) is 1. The van der Waals surface area contributed by atoms with Crippen molar-refractivity contribution < 1.29 is 14.7 Å². The smallest absolute Gasteiger partial charge is 0.326 e. The number of benzene rings is 1. The second-order valence-electron chi connectivity index (χ2n) is 5.52. The fourth-order valence-corrected chi connectivity index (χ4v) is 2.63. The lowest BCUT2D eigenvalue weighted by Crippen LogP contribution is -2.42. The number of hydrogen-bond donors (Lipinski definition) is 2. The summed E-state index contributed by atoms with van der Waals surface area (Å²) in [6.45, 7) is 2.48. The molecule has 0 saturated carbocycles. The fraction of sp³-hybridized carbons (Fsp3) is 0.467. The minimum atomic E-state index is -0.944. The SMILES string of the molecule is Cc1ccc(NC(=O)N2CCC[C@@H]2C(=O)O)cc1N(C)C. The first-order valence-corrected chi connectivity index (χ1v) is 6.98. The van der Waals surface area contributed by atoms with Crippen molar-refractivity contribution >= 4 is 23.4 Å². The Hall–Kier alpha value is -2.24. The van der Waals surface area contributed by atoms with Crippen molar-refractivity contribution in [2.24, 2.45) is 0 Å². The van der Waals surface area contributed by atoms with Crippen LogP contribution in [0, 0.1) is 6.92 Å². The molecule has 0 aromatic heterocycles. The van der Waals surface area contributed by atoms with Crippen LogP contribution >= 0.6 is 0 Å². The monoisotopic (exact) mass is 291 g/mol. The Labute approximate surface area is 124 Å². The van der Waals surface area contributed by atoms with Gasteiger partial charge in [-0.25, -0.2) is 9.59 Å². The van der Waals surface area contributed by atoms with Crippen molar-refractivity contribution in [1.29, 1.82) is 0 Å². The Morgan fingerprint density at radius 2 is 2.10 bits per heavy atom. The molecule has 1 aromatic carbocycles. The maximum absolute atomic E-state index is 12.2. The first-order chi connectivity index (χ1) is 9.90. The van der Waals surface area contributed by atoms with Crippen molar-refractivity contribution in [2.75, 3.05) is 30.9 Å². The summed E-state index contributed by atoms with van der Waals surface area (Å²) in [6.07, 6.45) is 1.24. The van der Waals surface area contributed by atoms with Crippen molar-refractivity contribution in [2.45, 2.75) is 25.8 Å². The van der Waals surface area contributed by atoms with Crippen molar-refractivity contribution in [3.8, 4) is 0 Å². The second-order valence-corrected chi connectivity index (χ2v) is 5.52. The zero-order chi connectivity index (χ0) is 15.6. The third-order valence-electron chi connectivity index (χ3n) is 3.74. The lowest BCUT2D eigenvalue weighted by Gasteiger charge is -2.23. The Morgan fingerprint density at radius 1 is 1.38 bits per heavy atom. The fourth-order valence-electron chi connectivity index (χ4n) is 2.63. The zero-order valence-electron chi connectivity index (χ0n) is 12.6. The zero-order valence-corrected chi connectivity index (χ0v) is 12.6. The van der Waals surface area contributed by atoms with Gasteiger partial charge in [-0.3, -0.25) is 0 Å². The molecule has 0 aliphatic carbocycles. The van der Waals surface area contributed by atoms with Crippen LogP contribution in [0.15, 0.2) is 18.2 Å². The van der Waals surface area contributed by atoms with Crippen molar-refractivity contribution in [1.82, 2.24) is 4.90 Å². The number of carboxylic acids is 1. The Balaban J connectivity index is 2.13. The maximum Gasteiger partial charge on any atom is 0.326 e. The van der Waals surface area contributed by atoms with Gasteiger partial charge < -0.3 is 20.2 Å². The quantitative estimate of drug-likeness (QED) is 0.895. The molecule has 6 nitrogen and oxygen atoms in total. The van der Waals surface area contributed by atoms with Gasteiger partial charge >= 0.3 is 12.0 Å². The molecule has 0 unspecified atom stereocenters. The van der Waals surface area contributed by atoms with Crippen LogP contribution in [-0.2, 0) is 4.79 Å². The van der Waals surface area contributed by atoms with Crippen molar-refractivity contribution in [3.63, 3.8) is 0 Å². The molecule has 1 aliphatic heterocycles. The highest BCUT2D eigenvalue weighted by atomic mass is 16.4. The van der Waals surface area contributed by atoms with Gasteiger partial charge in [-0.15, -0.1) is 0 Å². The summed E-state index contributed by atoms with van der Waals surface area (Å²) in [5.41, 5.74) is 2.80. The van der Waals surface area contributed by atoms with Gasteiger partial charge in [-0.05, 0) is 37.5 Å². The summed E-state index contributed by atoms with van der Waals surface area (Å²) in [4.78, 5) is 26.7. The minimum Gasteiger partial charge on any atom is -0.480 e. The average Bonchev–Trinajstić information content (AvgIpc) is 2.90. The molecule has 2 amide bonds. The highest BCUT2D eigenvalue weighted by molar-refractivity contribution is 5.93. The van der Waals surface area contributed by atoms with Crippen molar-refractivity contribution in [3.05, 3.63) is 23.8 Å². The van der Waals surface area contributed by atoms with Crippen LogP contribution in [0.4, 0.5) is 16.2 Å². The number of likely N-dealkylation sites (tertiary alicyclic amines) is 1. The summed E-state index contributed by atoms with van der Waals surface area (Å²) >= 11 is 0. The lowest BCUT2D eigenvalue weighted by atomic mass is 10.1. The number of urea groups is 1. The van der Waals surface area contributed by atoms with E-state index in [1.54, 1.807) is 0 Å². The predicted octanol–water partition coefficient (Wildman–Crippen LogP) is 2.14. The van der Waals surface area contributed by atoms with E-state index in [2.05, 4.69) is 5.32 Å². The number of aryl methyl sites for hydroxylation is 1. The number of carbonyl (C=O) groups excluding carboxylic acids is 1. The van der Waals surface area contributed by atoms with Gasteiger partial charge in [0.1, 0.15) is 6.04 Å². The number of hydrogen-bond acceptors (Lipinski definition) is 3. The molecule has 2 rings (SSSR count). The van der Waals surface area contributed by atoms with Gasteiger partial charge in [0, 0.05) is 32.0 Å². The van der Waals surface area contributed by atoms with Crippen LogP contribution in [0.5, 0.6) is 0 Å². The third kappa shape index (κ3) is 3.26. The average molecular weight is 291 g/mol. The predicted molar refractivity (Wildman–Crippen MR) is 81.9 cm³/mol. The van der Waals surface area contributed by atoms with Gasteiger partial charge in [0.25, 0.3) is 0 Å². The van der Waals surface area contributed by atoms with Crippen LogP contribution in [0.2, 0.25) is 0 Å². The molecule has 21 heavy (non-hydrogen) atoms. The summed E-state index contributed by atoms with van der Waals surface area (Å²) in [5.74, 6) is -0.944. The number of rotatable bonds is 3. The number of nitrogens with zero attached hydrogens (tertiary/aromatic N) is 2. The van der Waals surface area contributed by atoms with E-state index in [0.717, 1.165) is 17.7 Å². The molecular weight excluding hydrogens is 270 g/mol. The molecule has 1 atom stereocenters. The molecule has 1 aromatic rings. The molecule has 6 heteroatoms. The Kier molecular flexibility index (Phi) is 4.35. The lowest BCUT2D eigenvalue weighted by molar-refractivity contribution is -0.141. The van der Waals surface area contributed by atoms with E-state index in [1.807, 2.05) is 44.1 Å². The van der Waals surface area contributed by atoms with E-state index in [0.29, 0.717) is 18.7 Å². The minimum absolute atomic E-state index is 0.353. The molecule has 0 radical (unpaired) electrons. The number of anilines is 2. The van der Waals surface area contributed by atoms with Gasteiger partial charge in [0.05, 0.1) is 0 Å². The van der Waals surface area contributed by atoms with Gasteiger partial charge in [-0.1, -0.05) is 6.07 Å². The largest absolute Gasteiger partial charge is 0.480 e. The molecule has 114 valence electrons. The number of nitrogens with one attached hydrogen (secondary N) is 1. The molecule has 2 N–H and O–H groups in total. The van der Waals surface area contributed by atoms with Crippen LogP contribution in [0.25, 0.3) is 0 Å². The summed E-state index contributed by atoms with van der Waals surface area (Å²) in [7, 11) is 3.88. The summed E-state index contributed by atoms with van der Waals surface area (Å²) in [5, 5.41) is 11.9. The third-order valence-corrected chi connectivity index (χ3v) is 3.74. The number of carbonyl (C=O) groups is 2. The van der Waals surface area contributed by atoms with E-state index in [1.165, 1.54) is 4.90 Å². The van der Waals surface area contributed by atoms with E-state index >= 15 is 0 Å². The normalized spacial score (nSPS) is 17.7. The highest BCUT2D eigenvalue weighted by Gasteiger charge is 2.33. The molecule has 0 bridgehead atoms. The number of amides is 2. The molecule has 1 fully saturated rings. The number of aliphatic carboxylic acids is 1. The first kappa shape index (κ1) is 15.2. The second kappa shape index (κ2) is 6.03. The topological polar surface area (TPSA) is 72.9 Å². The van der Waals surface area contributed by atoms with E-state index in [9.17, 15) is 9.59 Å². The van der Waals surface area contributed by atoms with Gasteiger partial charge in [0.15, 0.2) is 0 Å². The van der Waals surface area contributed by atoms with Crippen LogP contribution in [-0.4, -0.2) is 48.7 Å². The Morgan fingerprint density at radius 3 is 2.71 bits per heavy atom. The molecule has 1 heterocycles. The molecular formula is C15H21N3O3. The van der Waals surface area contributed by atoms with Crippen LogP contribution in [0.3, 0.4) is 0 Å². The first-order valence-electron chi connectivity index (χ1n) is 6.98. The Bertz CT molecular complexity index is 557. The van der Waals surface area contributed by atoms with Gasteiger partial charge in [0.2, 0.25) is 0 Å². The highest BCUT2D eigenvalue weighted by Crippen LogP contribution is 2.24. The molecule has 1 saturated heterocycles. The molecule has 1 aliphatic rings. The standard InChI is InChI=1S/C15H21N3O3/c1-10-6-7-11(9-13(10)17(2)3)16-15(21)18-8-4-5-12(18)14(19)20/h6-7,9,12H,4-5,8H2,1-3H3,(H,16,21)(H,19,20)/t12-/m1/s1. The maximum atomic E-state index is 12.2. The van der Waals surface area contributed by atoms with Crippen LogP contribution in [0.1, 0.15) is 18.4 Å². The summed E-state index contributed by atoms with van der Waals surface area (Å²) in [6, 6.07) is 4.58. The van der Waals surface area contributed by atoms with Gasteiger partial charge in [-0.2, -0.15) is 0 Å². The molecule has 0 spiro atoms. The summed E-state index contributed by atoms with van der Waals surface area (Å²) < 4.78 is 0. The van der Waals surface area contributed by atoms with Crippen LogP contribution < -0.4 is 10.2 Å². The van der Waals surface area contributed by atoms with E-state index < -0.39 is 12.0 Å². The van der Waals surface area contributed by atoms with E-state index in [4.69, 9.17) is 5.11 Å².